The van der Waals surface area contributed by atoms with Crippen LogP contribution < -0.4 is 10.1 Å². The lowest BCUT2D eigenvalue weighted by Gasteiger charge is -2.05. The predicted octanol–water partition coefficient (Wildman–Crippen LogP) is 2.66. The van der Waals surface area contributed by atoms with E-state index in [2.05, 4.69) is 15.3 Å². The van der Waals surface area contributed by atoms with Crippen molar-refractivity contribution in [3.05, 3.63) is 47.8 Å². The Morgan fingerprint density at radius 1 is 1.21 bits per heavy atom. The Bertz CT molecular complexity index is 546. The topological polar surface area (TPSA) is 47.0 Å². The van der Waals surface area contributed by atoms with E-state index < -0.39 is 11.6 Å². The van der Waals surface area contributed by atoms with Gasteiger partial charge in [0.25, 0.3) is 0 Å². The summed E-state index contributed by atoms with van der Waals surface area (Å²) in [4.78, 5) is 7.91. The fraction of sp³-hybridized carbons (Fsp3) is 0.231. The lowest BCUT2D eigenvalue weighted by molar-refractivity contribution is 0.407. The van der Waals surface area contributed by atoms with Crippen LogP contribution in [0.1, 0.15) is 12.5 Å². The summed E-state index contributed by atoms with van der Waals surface area (Å²) in [5.41, 5.74) is 0.897. The summed E-state index contributed by atoms with van der Waals surface area (Å²) in [7, 11) is 0. The third kappa shape index (κ3) is 3.69. The number of benzene rings is 1. The molecule has 19 heavy (non-hydrogen) atoms. The van der Waals surface area contributed by atoms with E-state index in [-0.39, 0.29) is 11.8 Å². The van der Waals surface area contributed by atoms with Crippen LogP contribution in [0.2, 0.25) is 0 Å². The van der Waals surface area contributed by atoms with E-state index in [9.17, 15) is 8.78 Å². The first-order valence-electron chi connectivity index (χ1n) is 5.83. The Labute approximate surface area is 109 Å². The van der Waals surface area contributed by atoms with Gasteiger partial charge in [0.2, 0.25) is 0 Å². The number of hydrogen-bond acceptors (Lipinski definition) is 4. The molecule has 0 aliphatic carbocycles. The minimum atomic E-state index is -0.791. The summed E-state index contributed by atoms with van der Waals surface area (Å²) in [6.45, 7) is 3.50. The van der Waals surface area contributed by atoms with Crippen LogP contribution in [0.15, 0.2) is 30.6 Å². The number of ether oxygens (including phenoxy) is 1. The molecule has 2 aromatic rings. The van der Waals surface area contributed by atoms with Gasteiger partial charge in [-0.25, -0.2) is 18.7 Å². The lowest BCUT2D eigenvalue weighted by atomic mass is 10.3. The number of halogens is 2. The van der Waals surface area contributed by atoms with Crippen LogP contribution in [0.25, 0.3) is 0 Å². The molecular weight excluding hydrogens is 252 g/mol. The molecule has 0 atom stereocenters. The van der Waals surface area contributed by atoms with Crippen molar-refractivity contribution < 1.29 is 13.5 Å². The molecule has 100 valence electrons. The van der Waals surface area contributed by atoms with E-state index in [1.54, 1.807) is 12.4 Å². The minimum Gasteiger partial charge on any atom is -0.421 e. The second-order valence-electron chi connectivity index (χ2n) is 3.83. The van der Waals surface area contributed by atoms with Crippen LogP contribution in [0.3, 0.4) is 0 Å². The van der Waals surface area contributed by atoms with Crippen LogP contribution in [-0.2, 0) is 6.54 Å². The Balaban J connectivity index is 2.06. The Kier molecular flexibility index (Phi) is 4.35. The highest BCUT2D eigenvalue weighted by Gasteiger charge is 2.07. The quantitative estimate of drug-likeness (QED) is 0.902. The van der Waals surface area contributed by atoms with Crippen LogP contribution in [0.5, 0.6) is 11.8 Å². The summed E-state index contributed by atoms with van der Waals surface area (Å²) in [5, 5.41) is 3.13. The molecule has 1 aromatic heterocycles. The fourth-order valence-electron chi connectivity index (χ4n) is 1.41. The number of hydrogen-bond donors (Lipinski definition) is 1. The maximum Gasteiger partial charge on any atom is 0.321 e. The Morgan fingerprint density at radius 3 is 2.58 bits per heavy atom. The zero-order valence-corrected chi connectivity index (χ0v) is 10.4. The van der Waals surface area contributed by atoms with Crippen molar-refractivity contribution in [3.8, 4) is 11.8 Å². The summed E-state index contributed by atoms with van der Waals surface area (Å²) in [6.07, 6.45) is 3.18. The summed E-state index contributed by atoms with van der Waals surface area (Å²) < 4.78 is 31.2. The SMILES string of the molecule is CCNCc1cnc(Oc2ccc(F)cc2F)nc1. The van der Waals surface area contributed by atoms with Crippen molar-refractivity contribution in [2.75, 3.05) is 6.54 Å². The van der Waals surface area contributed by atoms with Crippen molar-refractivity contribution in [1.82, 2.24) is 15.3 Å². The molecule has 0 saturated heterocycles. The highest BCUT2D eigenvalue weighted by Crippen LogP contribution is 2.22. The molecule has 0 amide bonds. The monoisotopic (exact) mass is 265 g/mol. The lowest BCUT2D eigenvalue weighted by Crippen LogP contribution is -2.12. The molecule has 6 heteroatoms. The van der Waals surface area contributed by atoms with E-state index >= 15 is 0 Å². The van der Waals surface area contributed by atoms with E-state index in [1.807, 2.05) is 6.92 Å². The van der Waals surface area contributed by atoms with Gasteiger partial charge >= 0.3 is 6.01 Å². The highest BCUT2D eigenvalue weighted by molar-refractivity contribution is 5.27. The average Bonchev–Trinajstić information content (AvgIpc) is 2.41. The molecule has 4 nitrogen and oxygen atoms in total. The largest absolute Gasteiger partial charge is 0.421 e. The third-order valence-corrected chi connectivity index (χ3v) is 2.36. The first-order chi connectivity index (χ1) is 9.19. The zero-order valence-electron chi connectivity index (χ0n) is 10.4. The van der Waals surface area contributed by atoms with E-state index in [4.69, 9.17) is 4.74 Å². The first-order valence-corrected chi connectivity index (χ1v) is 5.83. The van der Waals surface area contributed by atoms with Crippen molar-refractivity contribution in [3.63, 3.8) is 0 Å². The molecule has 0 saturated carbocycles. The summed E-state index contributed by atoms with van der Waals surface area (Å²) >= 11 is 0. The van der Waals surface area contributed by atoms with E-state index in [1.165, 1.54) is 6.07 Å². The van der Waals surface area contributed by atoms with Crippen LogP contribution in [-0.4, -0.2) is 16.5 Å². The summed E-state index contributed by atoms with van der Waals surface area (Å²) in [5.74, 6) is -1.56. The van der Waals surface area contributed by atoms with Gasteiger partial charge in [0.15, 0.2) is 11.6 Å². The van der Waals surface area contributed by atoms with Gasteiger partial charge in [-0.1, -0.05) is 6.92 Å². The molecule has 1 aromatic carbocycles. The molecule has 1 N–H and O–H groups in total. The average molecular weight is 265 g/mol. The zero-order chi connectivity index (χ0) is 13.7. The van der Waals surface area contributed by atoms with Crippen molar-refractivity contribution in [1.29, 1.82) is 0 Å². The fourth-order valence-corrected chi connectivity index (χ4v) is 1.41. The molecule has 0 unspecified atom stereocenters. The number of aromatic nitrogens is 2. The molecule has 0 aliphatic heterocycles. The second kappa shape index (κ2) is 6.19. The maximum absolute atomic E-state index is 13.4. The predicted molar refractivity (Wildman–Crippen MR) is 65.8 cm³/mol. The Hall–Kier alpha value is -2.08. The van der Waals surface area contributed by atoms with Gasteiger partial charge in [0, 0.05) is 30.6 Å². The Morgan fingerprint density at radius 2 is 1.95 bits per heavy atom. The smallest absolute Gasteiger partial charge is 0.321 e. The van der Waals surface area contributed by atoms with Gasteiger partial charge in [-0.3, -0.25) is 0 Å². The van der Waals surface area contributed by atoms with E-state index in [0.717, 1.165) is 24.2 Å². The van der Waals surface area contributed by atoms with Crippen molar-refractivity contribution in [2.24, 2.45) is 0 Å². The normalized spacial score (nSPS) is 10.5. The van der Waals surface area contributed by atoms with Crippen molar-refractivity contribution in [2.45, 2.75) is 13.5 Å². The van der Waals surface area contributed by atoms with Gasteiger partial charge in [-0.2, -0.15) is 0 Å². The van der Waals surface area contributed by atoms with Gasteiger partial charge in [0.1, 0.15) is 5.82 Å². The van der Waals surface area contributed by atoms with Gasteiger partial charge in [-0.15, -0.1) is 0 Å². The van der Waals surface area contributed by atoms with Crippen LogP contribution in [0.4, 0.5) is 8.78 Å². The first kappa shape index (κ1) is 13.4. The van der Waals surface area contributed by atoms with E-state index in [0.29, 0.717) is 6.54 Å². The number of nitrogens with one attached hydrogen (secondary N) is 1. The summed E-state index contributed by atoms with van der Waals surface area (Å²) in [6, 6.07) is 3.07. The van der Waals surface area contributed by atoms with Crippen LogP contribution in [0, 0.1) is 11.6 Å². The van der Waals surface area contributed by atoms with Crippen molar-refractivity contribution >= 4 is 0 Å². The van der Waals surface area contributed by atoms with Crippen LogP contribution >= 0.6 is 0 Å². The maximum atomic E-state index is 13.4. The molecule has 0 radical (unpaired) electrons. The molecule has 0 fully saturated rings. The highest BCUT2D eigenvalue weighted by atomic mass is 19.1. The number of nitrogens with zero attached hydrogens (tertiary/aromatic N) is 2. The molecule has 2 rings (SSSR count). The molecule has 0 spiro atoms. The standard InChI is InChI=1S/C13H13F2N3O/c1-2-16-6-9-7-17-13(18-8-9)19-12-4-3-10(14)5-11(12)15/h3-5,7-8,16H,2,6H2,1H3. The minimum absolute atomic E-state index is 0.0192. The molecule has 0 aliphatic rings. The van der Waals surface area contributed by atoms with Gasteiger partial charge < -0.3 is 10.1 Å². The molecule has 0 bridgehead atoms. The van der Waals surface area contributed by atoms with Gasteiger partial charge in [0.05, 0.1) is 0 Å². The third-order valence-electron chi connectivity index (χ3n) is 2.36. The number of rotatable bonds is 5. The second-order valence-corrected chi connectivity index (χ2v) is 3.83. The van der Waals surface area contributed by atoms with Gasteiger partial charge in [-0.05, 0) is 18.7 Å². The molecule has 1 heterocycles. The molecular formula is C13H13F2N3O.